The Kier molecular flexibility index (Phi) is 3.20. The van der Waals surface area contributed by atoms with Crippen molar-refractivity contribution >= 4 is 10.9 Å². The predicted molar refractivity (Wildman–Crippen MR) is 80.5 cm³/mol. The molecule has 0 saturated heterocycles. The standard InChI is InChI=1S/C17H17NO2/c1-12-3-4-13-10-15(11-19)18(17(13)9-12)14-5-7-16(20-2)8-6-14/h3-10,19H,11H2,1-2H3. The summed E-state index contributed by atoms with van der Waals surface area (Å²) in [5.74, 6) is 0.826. The summed E-state index contributed by atoms with van der Waals surface area (Å²) in [6, 6.07) is 16.2. The Morgan fingerprint density at radius 3 is 2.45 bits per heavy atom. The van der Waals surface area contributed by atoms with Crippen LogP contribution < -0.4 is 4.74 Å². The average molecular weight is 267 g/mol. The van der Waals surface area contributed by atoms with Crippen molar-refractivity contribution in [2.75, 3.05) is 7.11 Å². The van der Waals surface area contributed by atoms with Gasteiger partial charge >= 0.3 is 0 Å². The van der Waals surface area contributed by atoms with Crippen LogP contribution in [0.25, 0.3) is 16.6 Å². The lowest BCUT2D eigenvalue weighted by Gasteiger charge is -2.10. The summed E-state index contributed by atoms with van der Waals surface area (Å²) in [6.07, 6.45) is 0. The molecule has 0 bridgehead atoms. The van der Waals surface area contributed by atoms with Crippen molar-refractivity contribution in [3.63, 3.8) is 0 Å². The third-order valence-electron chi connectivity index (χ3n) is 3.53. The minimum Gasteiger partial charge on any atom is -0.497 e. The highest BCUT2D eigenvalue weighted by atomic mass is 16.5. The second-order valence-electron chi connectivity index (χ2n) is 4.89. The Balaban J connectivity index is 2.24. The van der Waals surface area contributed by atoms with Crippen LogP contribution in [0.5, 0.6) is 5.75 Å². The highest BCUT2D eigenvalue weighted by Crippen LogP contribution is 2.26. The van der Waals surface area contributed by atoms with Gasteiger partial charge in [-0.15, -0.1) is 0 Å². The molecule has 1 N–H and O–H groups in total. The quantitative estimate of drug-likeness (QED) is 0.788. The van der Waals surface area contributed by atoms with Crippen molar-refractivity contribution in [1.82, 2.24) is 4.57 Å². The first-order valence-corrected chi connectivity index (χ1v) is 6.59. The Labute approximate surface area is 118 Å². The number of hydrogen-bond acceptors (Lipinski definition) is 2. The Morgan fingerprint density at radius 2 is 1.80 bits per heavy atom. The van der Waals surface area contributed by atoms with E-state index in [1.165, 1.54) is 5.56 Å². The number of aliphatic hydroxyl groups excluding tert-OH is 1. The molecule has 3 nitrogen and oxygen atoms in total. The molecule has 0 aliphatic heterocycles. The fraction of sp³-hybridized carbons (Fsp3) is 0.176. The van der Waals surface area contributed by atoms with Gasteiger partial charge < -0.3 is 14.4 Å². The lowest BCUT2D eigenvalue weighted by molar-refractivity contribution is 0.275. The largest absolute Gasteiger partial charge is 0.497 e. The Morgan fingerprint density at radius 1 is 1.05 bits per heavy atom. The lowest BCUT2D eigenvalue weighted by Crippen LogP contribution is -1.99. The number of aliphatic hydroxyl groups is 1. The van der Waals surface area contributed by atoms with Gasteiger partial charge in [-0.05, 0) is 48.9 Å². The molecule has 0 aliphatic rings. The van der Waals surface area contributed by atoms with E-state index in [4.69, 9.17) is 4.74 Å². The molecule has 0 atom stereocenters. The molecule has 2 aromatic carbocycles. The van der Waals surface area contributed by atoms with Gasteiger partial charge in [0.2, 0.25) is 0 Å². The maximum absolute atomic E-state index is 9.61. The van der Waals surface area contributed by atoms with E-state index in [1.54, 1.807) is 7.11 Å². The SMILES string of the molecule is COc1ccc(-n2c(CO)cc3ccc(C)cc32)cc1. The predicted octanol–water partition coefficient (Wildman–Crippen LogP) is 3.44. The molecule has 3 rings (SSSR count). The molecule has 3 heteroatoms. The van der Waals surface area contributed by atoms with Crippen LogP contribution in [0.3, 0.4) is 0 Å². The van der Waals surface area contributed by atoms with Crippen molar-refractivity contribution in [3.8, 4) is 11.4 Å². The van der Waals surface area contributed by atoms with E-state index < -0.39 is 0 Å². The number of ether oxygens (including phenoxy) is 1. The summed E-state index contributed by atoms with van der Waals surface area (Å²) >= 11 is 0. The number of hydrogen-bond donors (Lipinski definition) is 1. The summed E-state index contributed by atoms with van der Waals surface area (Å²) in [7, 11) is 1.66. The first-order valence-electron chi connectivity index (χ1n) is 6.59. The normalized spacial score (nSPS) is 10.9. The number of nitrogens with zero attached hydrogens (tertiary/aromatic N) is 1. The van der Waals surface area contributed by atoms with Crippen LogP contribution in [-0.4, -0.2) is 16.8 Å². The van der Waals surface area contributed by atoms with Crippen LogP contribution in [0.1, 0.15) is 11.3 Å². The number of methoxy groups -OCH3 is 1. The average Bonchev–Trinajstić information content (AvgIpc) is 2.85. The molecule has 0 fully saturated rings. The molecular weight excluding hydrogens is 250 g/mol. The minimum atomic E-state index is 0.0136. The fourth-order valence-electron chi connectivity index (χ4n) is 2.52. The van der Waals surface area contributed by atoms with E-state index >= 15 is 0 Å². The second-order valence-corrected chi connectivity index (χ2v) is 4.89. The van der Waals surface area contributed by atoms with Crippen molar-refractivity contribution in [2.45, 2.75) is 13.5 Å². The summed E-state index contributed by atoms with van der Waals surface area (Å²) in [5, 5.41) is 10.7. The van der Waals surface area contributed by atoms with Gasteiger partial charge in [0.25, 0.3) is 0 Å². The second kappa shape index (κ2) is 5.02. The molecule has 3 aromatic rings. The third kappa shape index (κ3) is 2.06. The highest BCUT2D eigenvalue weighted by molar-refractivity contribution is 5.84. The lowest BCUT2D eigenvalue weighted by atomic mass is 10.2. The number of rotatable bonds is 3. The molecule has 0 saturated carbocycles. The Hall–Kier alpha value is -2.26. The van der Waals surface area contributed by atoms with E-state index in [1.807, 2.05) is 30.3 Å². The summed E-state index contributed by atoms with van der Waals surface area (Å²) in [6.45, 7) is 2.09. The number of aromatic nitrogens is 1. The van der Waals surface area contributed by atoms with E-state index in [0.29, 0.717) is 0 Å². The monoisotopic (exact) mass is 267 g/mol. The minimum absolute atomic E-state index is 0.0136. The van der Waals surface area contributed by atoms with Crippen LogP contribution in [0.4, 0.5) is 0 Å². The van der Waals surface area contributed by atoms with Gasteiger partial charge in [-0.25, -0.2) is 0 Å². The van der Waals surface area contributed by atoms with Gasteiger partial charge in [-0.1, -0.05) is 12.1 Å². The first-order chi connectivity index (χ1) is 9.72. The van der Waals surface area contributed by atoms with E-state index in [0.717, 1.165) is 28.0 Å². The molecular formula is C17H17NO2. The molecule has 1 heterocycles. The van der Waals surface area contributed by atoms with E-state index in [-0.39, 0.29) is 6.61 Å². The molecule has 0 unspecified atom stereocenters. The third-order valence-corrected chi connectivity index (χ3v) is 3.53. The van der Waals surface area contributed by atoms with Crippen LogP contribution in [0.2, 0.25) is 0 Å². The summed E-state index contributed by atoms with van der Waals surface area (Å²) in [5.41, 5.74) is 4.22. The topological polar surface area (TPSA) is 34.4 Å². The van der Waals surface area contributed by atoms with Gasteiger partial charge in [-0.3, -0.25) is 0 Å². The summed E-state index contributed by atoms with van der Waals surface area (Å²) in [4.78, 5) is 0. The molecule has 0 spiro atoms. The zero-order valence-electron chi connectivity index (χ0n) is 11.6. The first kappa shape index (κ1) is 12.8. The van der Waals surface area contributed by atoms with Gasteiger partial charge in [-0.2, -0.15) is 0 Å². The van der Waals surface area contributed by atoms with Crippen molar-refractivity contribution < 1.29 is 9.84 Å². The van der Waals surface area contributed by atoms with Crippen molar-refractivity contribution in [1.29, 1.82) is 0 Å². The number of aryl methyl sites for hydroxylation is 1. The highest BCUT2D eigenvalue weighted by Gasteiger charge is 2.10. The van der Waals surface area contributed by atoms with Crippen molar-refractivity contribution in [2.24, 2.45) is 0 Å². The number of benzene rings is 2. The molecule has 0 aliphatic carbocycles. The zero-order chi connectivity index (χ0) is 14.1. The fourth-order valence-corrected chi connectivity index (χ4v) is 2.52. The van der Waals surface area contributed by atoms with Crippen molar-refractivity contribution in [3.05, 3.63) is 59.8 Å². The maximum Gasteiger partial charge on any atom is 0.119 e. The van der Waals surface area contributed by atoms with Crippen LogP contribution >= 0.6 is 0 Å². The van der Waals surface area contributed by atoms with Crippen LogP contribution in [0, 0.1) is 6.92 Å². The molecule has 0 radical (unpaired) electrons. The Bertz CT molecular complexity index is 742. The van der Waals surface area contributed by atoms with E-state index in [9.17, 15) is 5.11 Å². The van der Waals surface area contributed by atoms with Crippen LogP contribution in [0.15, 0.2) is 48.5 Å². The number of fused-ring (bicyclic) bond motifs is 1. The maximum atomic E-state index is 9.61. The van der Waals surface area contributed by atoms with Gasteiger partial charge in [0.15, 0.2) is 0 Å². The van der Waals surface area contributed by atoms with Gasteiger partial charge in [0, 0.05) is 16.8 Å². The molecule has 1 aromatic heterocycles. The van der Waals surface area contributed by atoms with Crippen LogP contribution in [-0.2, 0) is 6.61 Å². The van der Waals surface area contributed by atoms with Gasteiger partial charge in [0.1, 0.15) is 5.75 Å². The molecule has 102 valence electrons. The smallest absolute Gasteiger partial charge is 0.119 e. The zero-order valence-corrected chi connectivity index (χ0v) is 11.6. The van der Waals surface area contributed by atoms with E-state index in [2.05, 4.69) is 29.7 Å². The van der Waals surface area contributed by atoms with Gasteiger partial charge in [0.05, 0.1) is 19.2 Å². The molecule has 20 heavy (non-hydrogen) atoms. The summed E-state index contributed by atoms with van der Waals surface area (Å²) < 4.78 is 7.28. The molecule has 0 amide bonds.